The Morgan fingerprint density at radius 3 is 2.64 bits per heavy atom. The van der Waals surface area contributed by atoms with E-state index in [4.69, 9.17) is 10.5 Å². The highest BCUT2D eigenvalue weighted by Crippen LogP contribution is 2.28. The Balaban J connectivity index is 2.90. The highest BCUT2D eigenvalue weighted by atomic mass is 32.1. The van der Waals surface area contributed by atoms with E-state index in [1.54, 1.807) is 5.38 Å². The van der Waals surface area contributed by atoms with Gasteiger partial charge in [-0.15, -0.1) is 11.3 Å². The van der Waals surface area contributed by atoms with E-state index in [-0.39, 0.29) is 5.56 Å². The third-order valence-electron chi connectivity index (χ3n) is 1.88. The fourth-order valence-electron chi connectivity index (χ4n) is 1.25. The number of hydrogen-bond acceptors (Lipinski definition) is 3. The molecule has 0 aliphatic heterocycles. The molecule has 0 unspecified atom stereocenters. The first-order valence-electron chi connectivity index (χ1n) is 3.77. The van der Waals surface area contributed by atoms with Gasteiger partial charge in [0.25, 0.3) is 0 Å². The number of nitrogens with zero attached hydrogens (tertiary/aromatic N) is 2. The molecule has 66 valence electrons. The van der Waals surface area contributed by atoms with Gasteiger partial charge in [0.1, 0.15) is 11.9 Å². The minimum absolute atomic E-state index is 0.241. The summed E-state index contributed by atoms with van der Waals surface area (Å²) in [6.45, 7) is 0. The zero-order valence-electron chi connectivity index (χ0n) is 6.91. The molecule has 0 amide bonds. The van der Waals surface area contributed by atoms with Crippen LogP contribution >= 0.6 is 11.3 Å². The molecule has 0 aliphatic carbocycles. The Kier molecular flexibility index (Phi) is 1.92. The summed E-state index contributed by atoms with van der Waals surface area (Å²) in [4.78, 5) is 0. The molecule has 0 bridgehead atoms. The summed E-state index contributed by atoms with van der Waals surface area (Å²) in [6, 6.07) is 6.53. The van der Waals surface area contributed by atoms with Crippen molar-refractivity contribution in [1.82, 2.24) is 0 Å². The van der Waals surface area contributed by atoms with Crippen LogP contribution < -0.4 is 0 Å². The monoisotopic (exact) mass is 202 g/mol. The molecule has 1 aromatic heterocycles. The number of halogens is 1. The van der Waals surface area contributed by atoms with Crippen molar-refractivity contribution in [3.05, 3.63) is 34.5 Å². The largest absolute Gasteiger partial charge is 0.205 e. The number of nitriles is 2. The maximum Gasteiger partial charge on any atom is 0.142 e. The van der Waals surface area contributed by atoms with Crippen molar-refractivity contribution in [1.29, 1.82) is 10.5 Å². The van der Waals surface area contributed by atoms with E-state index in [0.717, 1.165) is 0 Å². The van der Waals surface area contributed by atoms with Crippen LogP contribution in [0.3, 0.4) is 0 Å². The van der Waals surface area contributed by atoms with Crippen LogP contribution in [0, 0.1) is 28.5 Å². The molecule has 0 aliphatic rings. The number of rotatable bonds is 0. The lowest BCUT2D eigenvalue weighted by atomic mass is 10.1. The number of hydrogen-bond donors (Lipinski definition) is 0. The second kappa shape index (κ2) is 3.10. The third kappa shape index (κ3) is 1.14. The third-order valence-corrected chi connectivity index (χ3v) is 2.88. The van der Waals surface area contributed by atoms with Gasteiger partial charge < -0.3 is 0 Å². The molecule has 0 atom stereocenters. The summed E-state index contributed by atoms with van der Waals surface area (Å²) >= 11 is 1.18. The summed E-state index contributed by atoms with van der Waals surface area (Å²) in [5.74, 6) is -0.439. The SMILES string of the molecule is N#Cc1cc(F)c2scc(C#N)c2c1. The highest BCUT2D eigenvalue weighted by molar-refractivity contribution is 7.17. The molecular formula is C10H3FN2S. The summed E-state index contributed by atoms with van der Waals surface area (Å²) in [7, 11) is 0. The van der Waals surface area contributed by atoms with Crippen LogP contribution in [-0.2, 0) is 0 Å². The molecule has 0 fully saturated rings. The van der Waals surface area contributed by atoms with Crippen LogP contribution in [-0.4, -0.2) is 0 Å². The van der Waals surface area contributed by atoms with E-state index >= 15 is 0 Å². The maximum absolute atomic E-state index is 13.3. The molecule has 0 N–H and O–H groups in total. The first kappa shape index (κ1) is 8.68. The lowest BCUT2D eigenvalue weighted by Gasteiger charge is -1.93. The lowest BCUT2D eigenvalue weighted by Crippen LogP contribution is -1.80. The quantitative estimate of drug-likeness (QED) is 0.659. The summed E-state index contributed by atoms with van der Waals surface area (Å²) in [5, 5.41) is 19.5. The van der Waals surface area contributed by atoms with E-state index < -0.39 is 5.82 Å². The number of benzene rings is 1. The normalized spacial score (nSPS) is 9.64. The van der Waals surface area contributed by atoms with Gasteiger partial charge in [0.15, 0.2) is 0 Å². The van der Waals surface area contributed by atoms with E-state index in [2.05, 4.69) is 0 Å². The Morgan fingerprint density at radius 1 is 1.21 bits per heavy atom. The minimum Gasteiger partial charge on any atom is -0.205 e. The van der Waals surface area contributed by atoms with Gasteiger partial charge in [-0.05, 0) is 12.1 Å². The van der Waals surface area contributed by atoms with Crippen LogP contribution in [0.15, 0.2) is 17.5 Å². The molecule has 1 aromatic carbocycles. The predicted molar refractivity (Wildman–Crippen MR) is 51.2 cm³/mol. The molecule has 4 heteroatoms. The summed E-state index contributed by atoms with van der Waals surface area (Å²) in [5.41, 5.74) is 0.658. The zero-order valence-corrected chi connectivity index (χ0v) is 7.73. The van der Waals surface area contributed by atoms with Gasteiger partial charge in [-0.2, -0.15) is 10.5 Å². The first-order chi connectivity index (χ1) is 6.76. The first-order valence-corrected chi connectivity index (χ1v) is 4.65. The smallest absolute Gasteiger partial charge is 0.142 e. The van der Waals surface area contributed by atoms with Gasteiger partial charge in [-0.1, -0.05) is 0 Å². The lowest BCUT2D eigenvalue weighted by molar-refractivity contribution is 0.641. The predicted octanol–water partition coefficient (Wildman–Crippen LogP) is 2.78. The van der Waals surface area contributed by atoms with Gasteiger partial charge in [-0.3, -0.25) is 0 Å². The van der Waals surface area contributed by atoms with Gasteiger partial charge in [0, 0.05) is 10.8 Å². The molecule has 0 radical (unpaired) electrons. The molecule has 1 heterocycles. The summed E-state index contributed by atoms with van der Waals surface area (Å²) < 4.78 is 13.8. The van der Waals surface area contributed by atoms with E-state index in [9.17, 15) is 4.39 Å². The van der Waals surface area contributed by atoms with Crippen molar-refractivity contribution in [2.45, 2.75) is 0 Å². The van der Waals surface area contributed by atoms with Gasteiger partial charge >= 0.3 is 0 Å². The molecule has 0 saturated heterocycles. The van der Waals surface area contributed by atoms with Crippen molar-refractivity contribution >= 4 is 21.4 Å². The van der Waals surface area contributed by atoms with Crippen LogP contribution in [0.1, 0.15) is 11.1 Å². The van der Waals surface area contributed by atoms with Crippen molar-refractivity contribution in [2.75, 3.05) is 0 Å². The average Bonchev–Trinajstić information content (AvgIpc) is 2.61. The Morgan fingerprint density at radius 2 is 2.00 bits per heavy atom. The van der Waals surface area contributed by atoms with Gasteiger partial charge in [0.2, 0.25) is 0 Å². The average molecular weight is 202 g/mol. The highest BCUT2D eigenvalue weighted by Gasteiger charge is 2.09. The minimum atomic E-state index is -0.439. The van der Waals surface area contributed by atoms with Crippen LogP contribution in [0.25, 0.3) is 10.1 Å². The molecule has 2 rings (SSSR count). The van der Waals surface area contributed by atoms with Crippen molar-refractivity contribution in [3.63, 3.8) is 0 Å². The Hall–Kier alpha value is -1.91. The van der Waals surface area contributed by atoms with E-state index in [1.807, 2.05) is 12.1 Å². The molecule has 2 nitrogen and oxygen atoms in total. The fraction of sp³-hybridized carbons (Fsp3) is 0. The van der Waals surface area contributed by atoms with E-state index in [0.29, 0.717) is 15.6 Å². The second-order valence-corrected chi connectivity index (χ2v) is 3.59. The van der Waals surface area contributed by atoms with Crippen molar-refractivity contribution in [2.24, 2.45) is 0 Å². The van der Waals surface area contributed by atoms with Crippen molar-refractivity contribution < 1.29 is 4.39 Å². The Bertz CT molecular complexity index is 586. The zero-order chi connectivity index (χ0) is 10.1. The van der Waals surface area contributed by atoms with Crippen LogP contribution in [0.5, 0.6) is 0 Å². The second-order valence-electron chi connectivity index (χ2n) is 2.71. The van der Waals surface area contributed by atoms with Crippen molar-refractivity contribution in [3.8, 4) is 12.1 Å². The van der Waals surface area contributed by atoms with Crippen LogP contribution in [0.2, 0.25) is 0 Å². The molecule has 0 spiro atoms. The van der Waals surface area contributed by atoms with Gasteiger partial charge in [0.05, 0.1) is 21.9 Å². The standard InChI is InChI=1S/C10H3FN2S/c11-9-2-6(3-12)1-8-7(4-13)5-14-10(8)9/h1-2,5H. The molecular weight excluding hydrogens is 199 g/mol. The fourth-order valence-corrected chi connectivity index (χ4v) is 2.13. The molecule has 2 aromatic rings. The Labute approximate surface area is 83.4 Å². The summed E-state index contributed by atoms with van der Waals surface area (Å²) in [6.07, 6.45) is 0. The molecule has 14 heavy (non-hydrogen) atoms. The topological polar surface area (TPSA) is 47.6 Å². The van der Waals surface area contributed by atoms with Crippen LogP contribution in [0.4, 0.5) is 4.39 Å². The number of fused-ring (bicyclic) bond motifs is 1. The molecule has 0 saturated carbocycles. The van der Waals surface area contributed by atoms with E-state index in [1.165, 1.54) is 23.5 Å². The number of thiophene rings is 1. The maximum atomic E-state index is 13.3. The van der Waals surface area contributed by atoms with Gasteiger partial charge in [-0.25, -0.2) is 4.39 Å².